The summed E-state index contributed by atoms with van der Waals surface area (Å²) in [4.78, 5) is 16.4. The Morgan fingerprint density at radius 1 is 1.13 bits per heavy atom. The molecule has 0 saturated heterocycles. The zero-order valence-corrected chi connectivity index (χ0v) is 13.8. The minimum atomic E-state index is -0.0744. The first kappa shape index (κ1) is 16.9. The van der Waals surface area contributed by atoms with Crippen molar-refractivity contribution in [3.8, 4) is 0 Å². The highest BCUT2D eigenvalue weighted by Gasteiger charge is 2.21. The van der Waals surface area contributed by atoms with Gasteiger partial charge in [-0.1, -0.05) is 63.1 Å². The molecule has 1 atom stereocenters. The van der Waals surface area contributed by atoms with Gasteiger partial charge >= 0.3 is 0 Å². The molecule has 0 radical (unpaired) electrons. The van der Waals surface area contributed by atoms with Crippen LogP contribution in [0, 0.1) is 5.92 Å². The third-order valence-corrected chi connectivity index (χ3v) is 4.09. The smallest absolute Gasteiger partial charge is 0.244 e. The molecule has 1 aromatic heterocycles. The third-order valence-electron chi connectivity index (χ3n) is 4.09. The van der Waals surface area contributed by atoms with E-state index in [2.05, 4.69) is 36.3 Å². The van der Waals surface area contributed by atoms with Crippen molar-refractivity contribution in [2.45, 2.75) is 32.7 Å². The Labute approximate surface area is 138 Å². The van der Waals surface area contributed by atoms with Crippen LogP contribution in [0.15, 0.2) is 60.9 Å². The van der Waals surface area contributed by atoms with E-state index in [1.165, 1.54) is 0 Å². The second-order valence-corrected chi connectivity index (χ2v) is 5.59. The molecule has 2 aromatic rings. The average Bonchev–Trinajstić information content (AvgIpc) is 2.62. The molecule has 0 fully saturated rings. The second kappa shape index (κ2) is 8.89. The van der Waals surface area contributed by atoms with Crippen LogP contribution in [-0.2, 0) is 4.79 Å². The van der Waals surface area contributed by atoms with Crippen molar-refractivity contribution in [1.82, 2.24) is 10.3 Å². The maximum atomic E-state index is 12.3. The predicted molar refractivity (Wildman–Crippen MR) is 94.7 cm³/mol. The summed E-state index contributed by atoms with van der Waals surface area (Å²) < 4.78 is 0. The molecule has 1 amide bonds. The molecule has 0 aliphatic rings. The summed E-state index contributed by atoms with van der Waals surface area (Å²) in [6.07, 6.45) is 8.88. The molecule has 0 bridgehead atoms. The van der Waals surface area contributed by atoms with Gasteiger partial charge in [0.05, 0.1) is 6.04 Å². The van der Waals surface area contributed by atoms with Gasteiger partial charge in [0.15, 0.2) is 0 Å². The Hall–Kier alpha value is -2.42. The zero-order chi connectivity index (χ0) is 16.5. The summed E-state index contributed by atoms with van der Waals surface area (Å²) in [6, 6.07) is 14.0. The lowest BCUT2D eigenvalue weighted by Crippen LogP contribution is -2.32. The molecule has 120 valence electrons. The van der Waals surface area contributed by atoms with E-state index in [4.69, 9.17) is 0 Å². The topological polar surface area (TPSA) is 42.0 Å². The number of rotatable bonds is 7. The highest BCUT2D eigenvalue weighted by Crippen LogP contribution is 2.27. The van der Waals surface area contributed by atoms with Gasteiger partial charge in [-0.3, -0.25) is 9.78 Å². The van der Waals surface area contributed by atoms with Crippen molar-refractivity contribution in [3.63, 3.8) is 0 Å². The molecule has 1 aromatic carbocycles. The molecule has 1 unspecified atom stereocenters. The molecular weight excluding hydrogens is 284 g/mol. The Kier molecular flexibility index (Phi) is 6.55. The van der Waals surface area contributed by atoms with Crippen molar-refractivity contribution in [3.05, 3.63) is 72.1 Å². The molecule has 0 aliphatic carbocycles. The molecule has 0 aliphatic heterocycles. The minimum Gasteiger partial charge on any atom is -0.345 e. The fraction of sp³-hybridized carbons (Fsp3) is 0.300. The van der Waals surface area contributed by atoms with E-state index in [-0.39, 0.29) is 11.9 Å². The second-order valence-electron chi connectivity index (χ2n) is 5.59. The molecule has 23 heavy (non-hydrogen) atoms. The van der Waals surface area contributed by atoms with Crippen LogP contribution < -0.4 is 5.32 Å². The molecule has 1 N–H and O–H groups in total. The lowest BCUT2D eigenvalue weighted by Gasteiger charge is -2.26. The van der Waals surface area contributed by atoms with E-state index < -0.39 is 0 Å². The first-order chi connectivity index (χ1) is 11.2. The van der Waals surface area contributed by atoms with Crippen LogP contribution in [0.5, 0.6) is 0 Å². The SMILES string of the molecule is CCC(CC)C(NC(=O)/C=C/c1cccnc1)c1ccccc1. The molecular formula is C20H24N2O. The van der Waals surface area contributed by atoms with E-state index in [1.54, 1.807) is 24.5 Å². The first-order valence-electron chi connectivity index (χ1n) is 8.18. The maximum absolute atomic E-state index is 12.3. The lowest BCUT2D eigenvalue weighted by molar-refractivity contribution is -0.117. The molecule has 1 heterocycles. The fourth-order valence-corrected chi connectivity index (χ4v) is 2.74. The normalized spacial score (nSPS) is 12.5. The Bertz CT molecular complexity index is 619. The van der Waals surface area contributed by atoms with E-state index in [0.717, 1.165) is 24.0 Å². The van der Waals surface area contributed by atoms with E-state index >= 15 is 0 Å². The number of pyridine rings is 1. The van der Waals surface area contributed by atoms with Gasteiger partial charge < -0.3 is 5.32 Å². The quantitative estimate of drug-likeness (QED) is 0.771. The summed E-state index contributed by atoms with van der Waals surface area (Å²) >= 11 is 0. The zero-order valence-electron chi connectivity index (χ0n) is 13.8. The number of nitrogens with one attached hydrogen (secondary N) is 1. The number of hydrogen-bond acceptors (Lipinski definition) is 2. The predicted octanol–water partition coefficient (Wildman–Crippen LogP) is 4.39. The van der Waals surface area contributed by atoms with Gasteiger partial charge in [-0.15, -0.1) is 0 Å². The highest BCUT2D eigenvalue weighted by molar-refractivity contribution is 5.91. The van der Waals surface area contributed by atoms with E-state index in [0.29, 0.717) is 5.92 Å². The highest BCUT2D eigenvalue weighted by atomic mass is 16.1. The van der Waals surface area contributed by atoms with E-state index in [9.17, 15) is 4.79 Å². The summed E-state index contributed by atoms with van der Waals surface area (Å²) in [7, 11) is 0. The number of carbonyl (C=O) groups excluding carboxylic acids is 1. The van der Waals surface area contributed by atoms with Gasteiger partial charge in [0.1, 0.15) is 0 Å². The van der Waals surface area contributed by atoms with Gasteiger partial charge in [0.2, 0.25) is 5.91 Å². The van der Waals surface area contributed by atoms with Crippen LogP contribution in [0.1, 0.15) is 43.9 Å². The van der Waals surface area contributed by atoms with Gasteiger partial charge in [-0.25, -0.2) is 0 Å². The number of carbonyl (C=O) groups is 1. The molecule has 3 heteroatoms. The number of benzene rings is 1. The van der Waals surface area contributed by atoms with Crippen molar-refractivity contribution in [2.24, 2.45) is 5.92 Å². The first-order valence-corrected chi connectivity index (χ1v) is 8.18. The monoisotopic (exact) mass is 308 g/mol. The van der Waals surface area contributed by atoms with Crippen LogP contribution >= 0.6 is 0 Å². The van der Waals surface area contributed by atoms with Crippen LogP contribution in [0.25, 0.3) is 6.08 Å². The van der Waals surface area contributed by atoms with Crippen molar-refractivity contribution in [2.75, 3.05) is 0 Å². The maximum Gasteiger partial charge on any atom is 0.244 e. The van der Waals surface area contributed by atoms with Crippen molar-refractivity contribution in [1.29, 1.82) is 0 Å². The van der Waals surface area contributed by atoms with Gasteiger partial charge in [0, 0.05) is 18.5 Å². The van der Waals surface area contributed by atoms with Crippen LogP contribution in [-0.4, -0.2) is 10.9 Å². The Morgan fingerprint density at radius 3 is 2.48 bits per heavy atom. The summed E-state index contributed by atoms with van der Waals surface area (Å²) in [5.41, 5.74) is 2.07. The lowest BCUT2D eigenvalue weighted by atomic mass is 9.89. The Morgan fingerprint density at radius 2 is 1.87 bits per heavy atom. The van der Waals surface area contributed by atoms with E-state index in [1.807, 2.05) is 30.3 Å². The summed E-state index contributed by atoms with van der Waals surface area (Å²) in [6.45, 7) is 4.34. The fourth-order valence-electron chi connectivity index (χ4n) is 2.74. The summed E-state index contributed by atoms with van der Waals surface area (Å²) in [5.74, 6) is 0.350. The third kappa shape index (κ3) is 5.06. The molecule has 0 spiro atoms. The molecule has 2 rings (SSSR count). The Balaban J connectivity index is 2.11. The average molecular weight is 308 g/mol. The number of amides is 1. The van der Waals surface area contributed by atoms with Crippen molar-refractivity contribution < 1.29 is 4.79 Å². The van der Waals surface area contributed by atoms with Crippen LogP contribution in [0.3, 0.4) is 0 Å². The number of aromatic nitrogens is 1. The standard InChI is InChI=1S/C20H24N2O/c1-3-17(4-2)20(18-10-6-5-7-11-18)22-19(23)13-12-16-9-8-14-21-15-16/h5-15,17,20H,3-4H2,1-2H3,(H,22,23)/b13-12+. The molecule has 0 saturated carbocycles. The van der Waals surface area contributed by atoms with Crippen LogP contribution in [0.4, 0.5) is 0 Å². The largest absolute Gasteiger partial charge is 0.345 e. The number of hydrogen-bond donors (Lipinski definition) is 1. The molecule has 3 nitrogen and oxygen atoms in total. The minimum absolute atomic E-state index is 0.0391. The van der Waals surface area contributed by atoms with Gasteiger partial charge in [-0.05, 0) is 29.2 Å². The van der Waals surface area contributed by atoms with Crippen LogP contribution in [0.2, 0.25) is 0 Å². The summed E-state index contributed by atoms with van der Waals surface area (Å²) in [5, 5.41) is 3.16. The van der Waals surface area contributed by atoms with Gasteiger partial charge in [0.25, 0.3) is 0 Å². The number of nitrogens with zero attached hydrogens (tertiary/aromatic N) is 1. The van der Waals surface area contributed by atoms with Crippen molar-refractivity contribution >= 4 is 12.0 Å². The van der Waals surface area contributed by atoms with Gasteiger partial charge in [-0.2, -0.15) is 0 Å².